The highest BCUT2D eigenvalue weighted by Gasteiger charge is 2.26. The zero-order chi connectivity index (χ0) is 15.8. The number of nitrogens with zero attached hydrogens (tertiary/aromatic N) is 1. The smallest absolute Gasteiger partial charge is 0.352 e. The van der Waals surface area contributed by atoms with Crippen LogP contribution in [0.5, 0.6) is 0 Å². The number of aromatic carboxylic acids is 1. The quantitative estimate of drug-likeness (QED) is 0.771. The van der Waals surface area contributed by atoms with Crippen LogP contribution >= 0.6 is 11.3 Å². The first-order valence-corrected chi connectivity index (χ1v) is 8.41. The number of carboxylic acid groups (broad SMARTS) is 1. The molecule has 0 saturated heterocycles. The molecule has 2 heterocycles. The van der Waals surface area contributed by atoms with Crippen molar-refractivity contribution in [3.05, 3.63) is 33.0 Å². The Morgan fingerprint density at radius 1 is 1.43 bits per heavy atom. The molecule has 2 aromatic rings. The van der Waals surface area contributed by atoms with Crippen LogP contribution in [0, 0.1) is 20.8 Å². The van der Waals surface area contributed by atoms with Crippen LogP contribution in [0.15, 0.2) is 10.3 Å². The molecule has 0 atom stereocenters. The van der Waals surface area contributed by atoms with Crippen molar-refractivity contribution in [1.82, 2.24) is 14.7 Å². The van der Waals surface area contributed by atoms with E-state index in [1.165, 1.54) is 25.2 Å². The van der Waals surface area contributed by atoms with E-state index >= 15 is 0 Å². The second-order valence-electron chi connectivity index (χ2n) is 4.57. The van der Waals surface area contributed by atoms with E-state index in [-0.39, 0.29) is 22.7 Å². The van der Waals surface area contributed by atoms with Gasteiger partial charge in [-0.25, -0.2) is 22.9 Å². The summed E-state index contributed by atoms with van der Waals surface area (Å²) in [5.41, 5.74) is 1.01. The number of nitrogens with one attached hydrogen (secondary N) is 2. The predicted molar refractivity (Wildman–Crippen MR) is 78.1 cm³/mol. The number of thiazole rings is 1. The average Bonchev–Trinajstić information content (AvgIpc) is 2.91. The van der Waals surface area contributed by atoms with Gasteiger partial charge in [0.1, 0.15) is 10.6 Å². The lowest BCUT2D eigenvalue weighted by Crippen LogP contribution is -2.24. The monoisotopic (exact) mass is 329 g/mol. The van der Waals surface area contributed by atoms with Crippen molar-refractivity contribution in [2.75, 3.05) is 0 Å². The molecule has 0 aliphatic rings. The lowest BCUT2D eigenvalue weighted by Gasteiger charge is -2.06. The van der Waals surface area contributed by atoms with E-state index in [0.717, 1.165) is 5.01 Å². The number of carboxylic acids is 1. The van der Waals surface area contributed by atoms with Gasteiger partial charge in [-0.1, -0.05) is 0 Å². The zero-order valence-corrected chi connectivity index (χ0v) is 13.4. The van der Waals surface area contributed by atoms with Crippen molar-refractivity contribution in [1.29, 1.82) is 0 Å². The van der Waals surface area contributed by atoms with Gasteiger partial charge in [0.2, 0.25) is 10.0 Å². The van der Waals surface area contributed by atoms with Gasteiger partial charge in [0, 0.05) is 16.6 Å². The third-order valence-electron chi connectivity index (χ3n) is 2.96. The maximum Gasteiger partial charge on any atom is 0.352 e. The maximum atomic E-state index is 12.3. The minimum absolute atomic E-state index is 0.0214. The van der Waals surface area contributed by atoms with Crippen molar-refractivity contribution in [2.45, 2.75) is 32.2 Å². The van der Waals surface area contributed by atoms with Crippen molar-refractivity contribution in [3.8, 4) is 0 Å². The van der Waals surface area contributed by atoms with Gasteiger partial charge in [0.25, 0.3) is 0 Å². The van der Waals surface area contributed by atoms with Crippen LogP contribution in [-0.2, 0) is 16.6 Å². The van der Waals surface area contributed by atoms with Gasteiger partial charge in [0.15, 0.2) is 0 Å². The van der Waals surface area contributed by atoms with Crippen LogP contribution in [0.3, 0.4) is 0 Å². The fourth-order valence-corrected chi connectivity index (χ4v) is 4.13. The van der Waals surface area contributed by atoms with Crippen LogP contribution in [0.2, 0.25) is 0 Å². The molecule has 114 valence electrons. The summed E-state index contributed by atoms with van der Waals surface area (Å²) in [4.78, 5) is 17.8. The molecule has 0 aromatic carbocycles. The molecule has 9 heteroatoms. The first-order valence-electron chi connectivity index (χ1n) is 6.05. The van der Waals surface area contributed by atoms with Gasteiger partial charge in [-0.3, -0.25) is 0 Å². The van der Waals surface area contributed by atoms with Gasteiger partial charge in [-0.15, -0.1) is 11.3 Å². The third kappa shape index (κ3) is 3.14. The number of hydrogen-bond donors (Lipinski definition) is 3. The summed E-state index contributed by atoms with van der Waals surface area (Å²) in [5, 5.41) is 11.7. The fraction of sp³-hybridized carbons (Fsp3) is 0.333. The molecule has 0 amide bonds. The Hall–Kier alpha value is -1.71. The molecule has 21 heavy (non-hydrogen) atoms. The van der Waals surface area contributed by atoms with E-state index in [2.05, 4.69) is 14.7 Å². The molecule has 0 spiro atoms. The number of H-pyrrole nitrogens is 1. The van der Waals surface area contributed by atoms with Crippen LogP contribution in [0.25, 0.3) is 0 Å². The second kappa shape index (κ2) is 5.58. The first kappa shape index (κ1) is 15.7. The number of hydrogen-bond acceptors (Lipinski definition) is 5. The molecule has 0 saturated carbocycles. The summed E-state index contributed by atoms with van der Waals surface area (Å²) in [7, 11) is -3.80. The summed E-state index contributed by atoms with van der Waals surface area (Å²) in [5.74, 6) is -1.19. The molecule has 7 nitrogen and oxygen atoms in total. The van der Waals surface area contributed by atoms with Crippen LogP contribution in [0.4, 0.5) is 0 Å². The van der Waals surface area contributed by atoms with Crippen molar-refractivity contribution in [2.24, 2.45) is 0 Å². The molecule has 0 unspecified atom stereocenters. The number of sulfonamides is 1. The molecule has 2 aromatic heterocycles. The maximum absolute atomic E-state index is 12.3. The van der Waals surface area contributed by atoms with Gasteiger partial charge in [-0.2, -0.15) is 0 Å². The number of aryl methyl sites for hydroxylation is 2. The highest BCUT2D eigenvalue weighted by atomic mass is 32.2. The summed E-state index contributed by atoms with van der Waals surface area (Å²) < 4.78 is 27.1. The van der Waals surface area contributed by atoms with Gasteiger partial charge in [-0.05, 0) is 20.8 Å². The van der Waals surface area contributed by atoms with E-state index in [9.17, 15) is 13.2 Å². The van der Waals surface area contributed by atoms with Crippen LogP contribution in [0.1, 0.15) is 32.4 Å². The van der Waals surface area contributed by atoms with E-state index in [4.69, 9.17) is 5.11 Å². The zero-order valence-electron chi connectivity index (χ0n) is 11.7. The minimum Gasteiger partial charge on any atom is -0.477 e. The minimum atomic E-state index is -3.80. The Bertz CT molecular complexity index is 790. The largest absolute Gasteiger partial charge is 0.477 e. The van der Waals surface area contributed by atoms with E-state index in [1.807, 2.05) is 6.92 Å². The number of carbonyl (C=O) groups is 1. The van der Waals surface area contributed by atoms with Crippen molar-refractivity contribution < 1.29 is 18.3 Å². The topological polar surface area (TPSA) is 112 Å². The molecule has 0 aliphatic heterocycles. The Labute approximate surface area is 126 Å². The Balaban J connectivity index is 2.29. The fourth-order valence-electron chi connectivity index (χ4n) is 2.08. The normalized spacial score (nSPS) is 11.8. The SMILES string of the molecule is Cc1nc(CNS(=O)(=O)c2c(C)[nH]c(C(=O)O)c2C)cs1. The summed E-state index contributed by atoms with van der Waals surface area (Å²) in [6.45, 7) is 4.90. The summed E-state index contributed by atoms with van der Waals surface area (Å²) in [6, 6.07) is 0. The Morgan fingerprint density at radius 2 is 2.10 bits per heavy atom. The molecule has 0 fully saturated rings. The first-order chi connectivity index (χ1) is 9.72. The van der Waals surface area contributed by atoms with E-state index in [0.29, 0.717) is 11.4 Å². The lowest BCUT2D eigenvalue weighted by molar-refractivity contribution is 0.0690. The number of rotatable bonds is 5. The van der Waals surface area contributed by atoms with Crippen molar-refractivity contribution in [3.63, 3.8) is 0 Å². The second-order valence-corrected chi connectivity index (χ2v) is 7.33. The van der Waals surface area contributed by atoms with Gasteiger partial charge < -0.3 is 10.1 Å². The summed E-state index contributed by atoms with van der Waals surface area (Å²) >= 11 is 1.44. The molecular weight excluding hydrogens is 314 g/mol. The number of aromatic nitrogens is 2. The highest BCUT2D eigenvalue weighted by molar-refractivity contribution is 7.89. The van der Waals surface area contributed by atoms with Crippen LogP contribution in [-0.4, -0.2) is 29.5 Å². The average molecular weight is 329 g/mol. The van der Waals surface area contributed by atoms with Crippen molar-refractivity contribution >= 4 is 27.3 Å². The molecule has 3 N–H and O–H groups in total. The van der Waals surface area contributed by atoms with Gasteiger partial charge >= 0.3 is 5.97 Å². The Kier molecular flexibility index (Phi) is 4.17. The van der Waals surface area contributed by atoms with Crippen LogP contribution < -0.4 is 4.72 Å². The predicted octanol–water partition coefficient (Wildman–Crippen LogP) is 1.57. The van der Waals surface area contributed by atoms with E-state index < -0.39 is 16.0 Å². The van der Waals surface area contributed by atoms with E-state index in [1.54, 1.807) is 5.38 Å². The van der Waals surface area contributed by atoms with Gasteiger partial charge in [0.05, 0.1) is 17.2 Å². The molecule has 0 radical (unpaired) electrons. The molecule has 0 aliphatic carbocycles. The highest BCUT2D eigenvalue weighted by Crippen LogP contribution is 2.23. The number of aromatic amines is 1. The molecular formula is C12H15N3O4S2. The standard InChI is InChI=1S/C12H15N3O4S2/c1-6-10(12(16)17)14-7(2)11(6)21(18,19)13-4-9-5-20-8(3)15-9/h5,13-14H,4H2,1-3H3,(H,16,17). The summed E-state index contributed by atoms with van der Waals surface area (Å²) in [6.07, 6.45) is 0. The Morgan fingerprint density at radius 3 is 2.57 bits per heavy atom. The third-order valence-corrected chi connectivity index (χ3v) is 5.46. The molecule has 0 bridgehead atoms. The lowest BCUT2D eigenvalue weighted by atomic mass is 10.2. The molecule has 2 rings (SSSR count).